The molecule has 0 aliphatic carbocycles. The third kappa shape index (κ3) is 2.34. The molecule has 1 heterocycles. The van der Waals surface area contributed by atoms with Crippen LogP contribution >= 0.6 is 0 Å². The van der Waals surface area contributed by atoms with Crippen molar-refractivity contribution in [3.63, 3.8) is 0 Å². The van der Waals surface area contributed by atoms with Crippen molar-refractivity contribution >= 4 is 5.78 Å². The summed E-state index contributed by atoms with van der Waals surface area (Å²) in [7, 11) is 0. The van der Waals surface area contributed by atoms with Gasteiger partial charge >= 0.3 is 0 Å². The zero-order valence-electron chi connectivity index (χ0n) is 8.46. The van der Waals surface area contributed by atoms with Gasteiger partial charge in [0.15, 0.2) is 11.6 Å². The molecule has 0 amide bonds. The van der Waals surface area contributed by atoms with Crippen LogP contribution < -0.4 is 0 Å². The Kier molecular flexibility index (Phi) is 2.45. The van der Waals surface area contributed by atoms with Gasteiger partial charge in [-0.1, -0.05) is 20.8 Å². The summed E-state index contributed by atoms with van der Waals surface area (Å²) in [6.45, 7) is 7.71. The van der Waals surface area contributed by atoms with Gasteiger partial charge in [0.05, 0.1) is 0 Å². The van der Waals surface area contributed by atoms with Gasteiger partial charge in [-0.3, -0.25) is 4.79 Å². The number of carbonyl (C=O) groups is 1. The van der Waals surface area contributed by atoms with Gasteiger partial charge in [-0.15, -0.1) is 0 Å². The van der Waals surface area contributed by atoms with E-state index >= 15 is 0 Å². The van der Waals surface area contributed by atoms with E-state index in [1.54, 1.807) is 12.4 Å². The van der Waals surface area contributed by atoms with Crippen molar-refractivity contribution in [2.24, 2.45) is 0 Å². The summed E-state index contributed by atoms with van der Waals surface area (Å²) < 4.78 is 0. The lowest BCUT2D eigenvalue weighted by Crippen LogP contribution is -2.13. The van der Waals surface area contributed by atoms with Gasteiger partial charge in [-0.25, -0.2) is 9.97 Å². The molecule has 0 atom stereocenters. The normalized spacial score (nSPS) is 11.4. The lowest BCUT2D eigenvalue weighted by molar-refractivity contribution is 0.100. The van der Waals surface area contributed by atoms with Crippen LogP contribution in [0.25, 0.3) is 0 Å². The van der Waals surface area contributed by atoms with Gasteiger partial charge in [0.1, 0.15) is 0 Å². The molecular formula is C10H14N2O. The van der Waals surface area contributed by atoms with Crippen molar-refractivity contribution in [2.75, 3.05) is 0 Å². The molecule has 1 rings (SSSR count). The van der Waals surface area contributed by atoms with Crippen LogP contribution in [0.4, 0.5) is 0 Å². The van der Waals surface area contributed by atoms with Crippen LogP contribution in [0.5, 0.6) is 0 Å². The summed E-state index contributed by atoms with van der Waals surface area (Å²) >= 11 is 0. The summed E-state index contributed by atoms with van der Waals surface area (Å²) in [4.78, 5) is 18.8. The molecule has 0 saturated carbocycles. The van der Waals surface area contributed by atoms with Crippen LogP contribution in [0.15, 0.2) is 12.4 Å². The Hall–Kier alpha value is -1.25. The highest BCUT2D eigenvalue weighted by Crippen LogP contribution is 2.19. The van der Waals surface area contributed by atoms with E-state index in [1.165, 1.54) is 6.92 Å². The molecule has 0 fully saturated rings. The van der Waals surface area contributed by atoms with Gasteiger partial charge in [0.25, 0.3) is 0 Å². The Balaban J connectivity index is 3.01. The maximum atomic E-state index is 10.9. The second-order valence-corrected chi connectivity index (χ2v) is 4.10. The predicted molar refractivity (Wildman–Crippen MR) is 50.7 cm³/mol. The Labute approximate surface area is 78.2 Å². The molecule has 0 unspecified atom stereocenters. The van der Waals surface area contributed by atoms with E-state index in [4.69, 9.17) is 0 Å². The van der Waals surface area contributed by atoms with Crippen molar-refractivity contribution in [2.45, 2.75) is 33.1 Å². The fraction of sp³-hybridized carbons (Fsp3) is 0.500. The standard InChI is InChI=1S/C10H14N2O/c1-7(13)9-11-5-8(6-12-9)10(2,3)4/h5-6H,1-4H3. The lowest BCUT2D eigenvalue weighted by Gasteiger charge is -2.17. The van der Waals surface area contributed by atoms with E-state index < -0.39 is 0 Å². The highest BCUT2D eigenvalue weighted by atomic mass is 16.1. The Morgan fingerprint density at radius 3 is 2.00 bits per heavy atom. The van der Waals surface area contributed by atoms with E-state index in [0.717, 1.165) is 5.56 Å². The number of rotatable bonds is 1. The first-order chi connectivity index (χ1) is 5.91. The molecule has 0 radical (unpaired) electrons. The minimum absolute atomic E-state index is 0.0370. The molecule has 1 aromatic heterocycles. The first-order valence-electron chi connectivity index (χ1n) is 4.25. The third-order valence-electron chi connectivity index (χ3n) is 1.83. The first-order valence-corrected chi connectivity index (χ1v) is 4.25. The quantitative estimate of drug-likeness (QED) is 0.617. The fourth-order valence-electron chi connectivity index (χ4n) is 0.897. The molecule has 0 aliphatic heterocycles. The second kappa shape index (κ2) is 3.24. The lowest BCUT2D eigenvalue weighted by atomic mass is 9.89. The number of hydrogen-bond acceptors (Lipinski definition) is 3. The number of ketones is 1. The van der Waals surface area contributed by atoms with Crippen LogP contribution in [0, 0.1) is 0 Å². The Morgan fingerprint density at radius 2 is 1.69 bits per heavy atom. The van der Waals surface area contributed by atoms with Gasteiger partial charge < -0.3 is 0 Å². The Bertz CT molecular complexity index is 309. The minimum atomic E-state index is -0.0968. The molecule has 0 saturated heterocycles. The molecule has 0 bridgehead atoms. The number of Topliss-reactive ketones (excluding diaryl/α,β-unsaturated/α-hetero) is 1. The maximum absolute atomic E-state index is 10.9. The molecule has 0 aliphatic rings. The average Bonchev–Trinajstić information content (AvgIpc) is 2.03. The Morgan fingerprint density at radius 1 is 1.23 bits per heavy atom. The van der Waals surface area contributed by atoms with Crippen molar-refractivity contribution in [1.29, 1.82) is 0 Å². The summed E-state index contributed by atoms with van der Waals surface area (Å²) in [5, 5.41) is 0. The highest BCUT2D eigenvalue weighted by Gasteiger charge is 2.14. The monoisotopic (exact) mass is 178 g/mol. The van der Waals surface area contributed by atoms with E-state index in [1.807, 2.05) is 0 Å². The summed E-state index contributed by atoms with van der Waals surface area (Å²) in [5.74, 6) is 0.188. The number of aromatic nitrogens is 2. The topological polar surface area (TPSA) is 42.9 Å². The predicted octanol–water partition coefficient (Wildman–Crippen LogP) is 1.98. The van der Waals surface area contributed by atoms with Crippen molar-refractivity contribution in [3.05, 3.63) is 23.8 Å². The third-order valence-corrected chi connectivity index (χ3v) is 1.83. The van der Waals surface area contributed by atoms with E-state index in [2.05, 4.69) is 30.7 Å². The van der Waals surface area contributed by atoms with E-state index in [-0.39, 0.29) is 17.0 Å². The van der Waals surface area contributed by atoms with Crippen LogP contribution in [0.3, 0.4) is 0 Å². The summed E-state index contributed by atoms with van der Waals surface area (Å²) in [6, 6.07) is 0. The van der Waals surface area contributed by atoms with Gasteiger partial charge in [0.2, 0.25) is 0 Å². The van der Waals surface area contributed by atoms with Crippen LogP contribution in [-0.4, -0.2) is 15.8 Å². The maximum Gasteiger partial charge on any atom is 0.196 e. The van der Waals surface area contributed by atoms with Crippen LogP contribution in [0.2, 0.25) is 0 Å². The van der Waals surface area contributed by atoms with Crippen molar-refractivity contribution in [1.82, 2.24) is 9.97 Å². The molecule has 0 aromatic carbocycles. The summed E-state index contributed by atoms with van der Waals surface area (Å²) in [5.41, 5.74) is 1.08. The fourth-order valence-corrected chi connectivity index (χ4v) is 0.897. The van der Waals surface area contributed by atoms with Crippen molar-refractivity contribution in [3.8, 4) is 0 Å². The van der Waals surface area contributed by atoms with E-state index in [9.17, 15) is 4.79 Å². The van der Waals surface area contributed by atoms with E-state index in [0.29, 0.717) is 0 Å². The smallest absolute Gasteiger partial charge is 0.196 e. The minimum Gasteiger partial charge on any atom is -0.291 e. The molecule has 0 N–H and O–H groups in total. The molecule has 3 nitrogen and oxygen atoms in total. The average molecular weight is 178 g/mol. The van der Waals surface area contributed by atoms with Gasteiger partial charge in [-0.2, -0.15) is 0 Å². The molecule has 70 valence electrons. The largest absolute Gasteiger partial charge is 0.291 e. The number of carbonyl (C=O) groups excluding carboxylic acids is 1. The zero-order chi connectivity index (χ0) is 10.1. The van der Waals surface area contributed by atoms with Crippen molar-refractivity contribution < 1.29 is 4.79 Å². The molecule has 1 aromatic rings. The second-order valence-electron chi connectivity index (χ2n) is 4.10. The highest BCUT2D eigenvalue weighted by molar-refractivity contribution is 5.90. The number of nitrogens with zero attached hydrogens (tertiary/aromatic N) is 2. The SMILES string of the molecule is CC(=O)c1ncc(C(C)(C)C)cn1. The molecular weight excluding hydrogens is 164 g/mol. The summed E-state index contributed by atoms with van der Waals surface area (Å²) in [6.07, 6.45) is 3.42. The van der Waals surface area contributed by atoms with Gasteiger partial charge in [-0.05, 0) is 11.0 Å². The van der Waals surface area contributed by atoms with Crippen LogP contribution in [0.1, 0.15) is 43.9 Å². The van der Waals surface area contributed by atoms with Gasteiger partial charge in [0, 0.05) is 19.3 Å². The molecule has 13 heavy (non-hydrogen) atoms. The van der Waals surface area contributed by atoms with Crippen LogP contribution in [-0.2, 0) is 5.41 Å². The zero-order valence-corrected chi connectivity index (χ0v) is 8.46. The first kappa shape index (κ1) is 9.84. The molecule has 0 spiro atoms. The molecule has 3 heteroatoms. The number of hydrogen-bond donors (Lipinski definition) is 0.